The van der Waals surface area contributed by atoms with E-state index in [-0.39, 0.29) is 11.4 Å². The van der Waals surface area contributed by atoms with E-state index >= 15 is 0 Å². The lowest BCUT2D eigenvalue weighted by Gasteiger charge is -2.10. The number of ether oxygens (including phenoxy) is 2. The summed E-state index contributed by atoms with van der Waals surface area (Å²) < 4.78 is 10.1. The Morgan fingerprint density at radius 1 is 1.25 bits per heavy atom. The molecular formula is C11H15NO4. The van der Waals surface area contributed by atoms with Crippen molar-refractivity contribution in [1.82, 2.24) is 0 Å². The Hall–Kier alpha value is -1.78. The Morgan fingerprint density at radius 2 is 1.88 bits per heavy atom. The number of methoxy groups -OCH3 is 2. The fraction of sp³-hybridized carbons (Fsp3) is 0.455. The summed E-state index contributed by atoms with van der Waals surface area (Å²) in [6.45, 7) is 2.04. The van der Waals surface area contributed by atoms with Gasteiger partial charge in [-0.05, 0) is 18.1 Å². The molecule has 0 bridgehead atoms. The topological polar surface area (TPSA) is 61.6 Å². The van der Waals surface area contributed by atoms with Crippen molar-refractivity contribution in [1.29, 1.82) is 0 Å². The number of hydrogen-bond donors (Lipinski definition) is 0. The molecule has 0 N–H and O–H groups in total. The summed E-state index contributed by atoms with van der Waals surface area (Å²) in [7, 11) is 2.93. The fourth-order valence-electron chi connectivity index (χ4n) is 1.55. The summed E-state index contributed by atoms with van der Waals surface area (Å²) in [6, 6.07) is 3.07. The van der Waals surface area contributed by atoms with Crippen LogP contribution in [0.1, 0.15) is 18.9 Å². The molecule has 1 rings (SSSR count). The predicted octanol–water partition coefficient (Wildman–Crippen LogP) is 2.56. The van der Waals surface area contributed by atoms with Crippen LogP contribution < -0.4 is 9.47 Å². The first-order valence-electron chi connectivity index (χ1n) is 5.03. The zero-order valence-electron chi connectivity index (χ0n) is 9.65. The monoisotopic (exact) mass is 225 g/mol. The van der Waals surface area contributed by atoms with Crippen molar-refractivity contribution in [3.63, 3.8) is 0 Å². The van der Waals surface area contributed by atoms with Crippen LogP contribution in [0.3, 0.4) is 0 Å². The van der Waals surface area contributed by atoms with Crippen LogP contribution in [0.15, 0.2) is 12.1 Å². The average Bonchev–Trinajstić information content (AvgIpc) is 2.28. The molecule has 0 aliphatic rings. The highest BCUT2D eigenvalue weighted by atomic mass is 16.6. The Kier molecular flexibility index (Phi) is 4.10. The van der Waals surface area contributed by atoms with Gasteiger partial charge >= 0.3 is 5.69 Å². The van der Waals surface area contributed by atoms with Crippen LogP contribution in [0.25, 0.3) is 0 Å². The molecule has 1 aromatic carbocycles. The number of benzene rings is 1. The first-order chi connectivity index (χ1) is 7.63. The van der Waals surface area contributed by atoms with Crippen molar-refractivity contribution >= 4 is 5.69 Å². The maximum Gasteiger partial charge on any atom is 0.314 e. The molecule has 0 atom stereocenters. The molecule has 0 saturated heterocycles. The van der Waals surface area contributed by atoms with Gasteiger partial charge in [-0.1, -0.05) is 13.3 Å². The molecule has 0 spiro atoms. The normalized spacial score (nSPS) is 9.94. The minimum Gasteiger partial charge on any atom is -0.496 e. The van der Waals surface area contributed by atoms with Gasteiger partial charge in [0.05, 0.1) is 25.2 Å². The predicted molar refractivity (Wildman–Crippen MR) is 60.2 cm³/mol. The second-order valence-electron chi connectivity index (χ2n) is 3.34. The molecule has 0 aliphatic carbocycles. The van der Waals surface area contributed by atoms with Gasteiger partial charge in [0, 0.05) is 0 Å². The van der Waals surface area contributed by atoms with Crippen molar-refractivity contribution in [2.75, 3.05) is 14.2 Å². The molecule has 0 saturated carbocycles. The molecule has 0 aliphatic heterocycles. The first kappa shape index (κ1) is 12.3. The Balaban J connectivity index is 3.28. The minimum absolute atomic E-state index is 0.0702. The molecule has 0 unspecified atom stereocenters. The first-order valence-corrected chi connectivity index (χ1v) is 5.03. The van der Waals surface area contributed by atoms with Crippen LogP contribution >= 0.6 is 0 Å². The second-order valence-corrected chi connectivity index (χ2v) is 3.34. The molecule has 16 heavy (non-hydrogen) atoms. The Bertz CT molecular complexity index is 390. The second kappa shape index (κ2) is 5.34. The van der Waals surface area contributed by atoms with Gasteiger partial charge < -0.3 is 9.47 Å². The van der Waals surface area contributed by atoms with E-state index in [4.69, 9.17) is 9.47 Å². The summed E-state index contributed by atoms with van der Waals surface area (Å²) in [5.74, 6) is 0.809. The van der Waals surface area contributed by atoms with Crippen molar-refractivity contribution < 1.29 is 14.4 Å². The van der Waals surface area contributed by atoms with E-state index < -0.39 is 4.92 Å². The van der Waals surface area contributed by atoms with Gasteiger partial charge in [0.1, 0.15) is 5.75 Å². The standard InChI is InChI=1S/C11H15NO4/c1-4-5-8-6-11(16-3)9(12(13)14)7-10(8)15-2/h6-7H,4-5H2,1-3H3. The molecule has 0 amide bonds. The maximum absolute atomic E-state index is 10.8. The van der Waals surface area contributed by atoms with E-state index in [0.29, 0.717) is 5.75 Å². The van der Waals surface area contributed by atoms with Gasteiger partial charge in [-0.25, -0.2) is 0 Å². The molecule has 88 valence electrons. The largest absolute Gasteiger partial charge is 0.496 e. The number of nitrogens with zero attached hydrogens (tertiary/aromatic N) is 1. The van der Waals surface area contributed by atoms with Crippen LogP contribution in [0.2, 0.25) is 0 Å². The van der Waals surface area contributed by atoms with Crippen LogP contribution in [0.5, 0.6) is 11.5 Å². The van der Waals surface area contributed by atoms with Crippen LogP contribution in [-0.2, 0) is 6.42 Å². The average molecular weight is 225 g/mol. The highest BCUT2D eigenvalue weighted by molar-refractivity contribution is 5.55. The van der Waals surface area contributed by atoms with Crippen molar-refractivity contribution in [3.05, 3.63) is 27.8 Å². The molecular weight excluding hydrogens is 210 g/mol. The molecule has 5 heteroatoms. The summed E-state index contributed by atoms with van der Waals surface area (Å²) in [6.07, 6.45) is 1.74. The number of nitro groups is 1. The zero-order chi connectivity index (χ0) is 12.1. The molecule has 0 fully saturated rings. The summed E-state index contributed by atoms with van der Waals surface area (Å²) in [5.41, 5.74) is 0.853. The van der Waals surface area contributed by atoms with E-state index in [0.717, 1.165) is 18.4 Å². The van der Waals surface area contributed by atoms with Crippen LogP contribution in [-0.4, -0.2) is 19.1 Å². The van der Waals surface area contributed by atoms with Crippen molar-refractivity contribution in [3.8, 4) is 11.5 Å². The third kappa shape index (κ3) is 2.42. The molecule has 0 radical (unpaired) electrons. The van der Waals surface area contributed by atoms with Crippen molar-refractivity contribution in [2.24, 2.45) is 0 Å². The number of hydrogen-bond acceptors (Lipinski definition) is 4. The van der Waals surface area contributed by atoms with Gasteiger partial charge in [0.15, 0.2) is 5.75 Å². The van der Waals surface area contributed by atoms with E-state index in [9.17, 15) is 10.1 Å². The lowest BCUT2D eigenvalue weighted by molar-refractivity contribution is -0.385. The van der Waals surface area contributed by atoms with E-state index in [1.165, 1.54) is 20.3 Å². The molecule has 5 nitrogen and oxygen atoms in total. The minimum atomic E-state index is -0.475. The van der Waals surface area contributed by atoms with Crippen LogP contribution in [0, 0.1) is 10.1 Å². The third-order valence-electron chi connectivity index (χ3n) is 2.30. The summed E-state index contributed by atoms with van der Waals surface area (Å²) >= 11 is 0. The smallest absolute Gasteiger partial charge is 0.314 e. The molecule has 1 aromatic rings. The Morgan fingerprint density at radius 3 is 2.31 bits per heavy atom. The van der Waals surface area contributed by atoms with Gasteiger partial charge in [0.25, 0.3) is 0 Å². The Labute approximate surface area is 94.1 Å². The highest BCUT2D eigenvalue weighted by Crippen LogP contribution is 2.34. The summed E-state index contributed by atoms with van der Waals surface area (Å²) in [5, 5.41) is 10.8. The third-order valence-corrected chi connectivity index (χ3v) is 2.30. The lowest BCUT2D eigenvalue weighted by atomic mass is 10.1. The number of rotatable bonds is 5. The molecule has 0 aromatic heterocycles. The van der Waals surface area contributed by atoms with Gasteiger partial charge in [0.2, 0.25) is 0 Å². The summed E-state index contributed by atoms with van der Waals surface area (Å²) in [4.78, 5) is 10.3. The SMILES string of the molecule is CCCc1cc(OC)c([N+](=O)[O-])cc1OC. The van der Waals surface area contributed by atoms with E-state index in [1.54, 1.807) is 6.07 Å². The van der Waals surface area contributed by atoms with Gasteiger partial charge in [-0.2, -0.15) is 0 Å². The highest BCUT2D eigenvalue weighted by Gasteiger charge is 2.18. The number of aryl methyl sites for hydroxylation is 1. The quantitative estimate of drug-likeness (QED) is 0.570. The van der Waals surface area contributed by atoms with E-state index in [2.05, 4.69) is 0 Å². The zero-order valence-corrected chi connectivity index (χ0v) is 9.65. The van der Waals surface area contributed by atoms with Crippen molar-refractivity contribution in [2.45, 2.75) is 19.8 Å². The lowest BCUT2D eigenvalue weighted by Crippen LogP contribution is -1.98. The van der Waals surface area contributed by atoms with Gasteiger partial charge in [-0.15, -0.1) is 0 Å². The molecule has 0 heterocycles. The van der Waals surface area contributed by atoms with Crippen LogP contribution in [0.4, 0.5) is 5.69 Å². The fourth-order valence-corrected chi connectivity index (χ4v) is 1.55. The maximum atomic E-state index is 10.8. The number of nitro benzene ring substituents is 1. The van der Waals surface area contributed by atoms with E-state index in [1.807, 2.05) is 6.92 Å². The van der Waals surface area contributed by atoms with Gasteiger partial charge in [-0.3, -0.25) is 10.1 Å².